The van der Waals surface area contributed by atoms with Crippen LogP contribution in [0.3, 0.4) is 0 Å². The summed E-state index contributed by atoms with van der Waals surface area (Å²) in [5.41, 5.74) is 2.85. The second-order valence-electron chi connectivity index (χ2n) is 5.14. The average Bonchev–Trinajstić information content (AvgIpc) is 2.77. The van der Waals surface area contributed by atoms with Crippen LogP contribution in [0.1, 0.15) is 11.4 Å². The molecule has 0 unspecified atom stereocenters. The molecule has 11 heteroatoms. The van der Waals surface area contributed by atoms with Crippen molar-refractivity contribution in [3.63, 3.8) is 0 Å². The highest BCUT2D eigenvalue weighted by Crippen LogP contribution is 2.27. The molecule has 0 bridgehead atoms. The lowest BCUT2D eigenvalue weighted by Crippen LogP contribution is -2.44. The van der Waals surface area contributed by atoms with Crippen LogP contribution < -0.4 is 15.0 Å². The molecule has 136 valence electrons. The van der Waals surface area contributed by atoms with E-state index in [9.17, 15) is 13.2 Å². The predicted molar refractivity (Wildman–Crippen MR) is 93.1 cm³/mol. The summed E-state index contributed by atoms with van der Waals surface area (Å²) >= 11 is 11.7. The number of carbonyl (C=O) groups is 1. The van der Waals surface area contributed by atoms with E-state index >= 15 is 0 Å². The van der Waals surface area contributed by atoms with Crippen LogP contribution in [0.15, 0.2) is 23.1 Å². The molecule has 0 aliphatic carbocycles. The van der Waals surface area contributed by atoms with Crippen LogP contribution in [0, 0.1) is 13.8 Å². The first kappa shape index (κ1) is 19.5. The van der Waals surface area contributed by atoms with Gasteiger partial charge in [-0.05, 0) is 32.0 Å². The molecule has 0 atom stereocenters. The fourth-order valence-corrected chi connectivity index (χ4v) is 3.85. The number of carbonyl (C=O) groups excluding carboxylic acids is 1. The summed E-state index contributed by atoms with van der Waals surface area (Å²) < 4.78 is 31.3. The Balaban J connectivity index is 1.97. The first-order valence-electron chi connectivity index (χ1n) is 7.00. The van der Waals surface area contributed by atoms with Gasteiger partial charge in [0.15, 0.2) is 6.61 Å². The predicted octanol–water partition coefficient (Wildman–Crippen LogP) is 1.73. The van der Waals surface area contributed by atoms with Gasteiger partial charge in [0.25, 0.3) is 15.9 Å². The summed E-state index contributed by atoms with van der Waals surface area (Å²) in [7, 11) is -2.33. The number of hydrogen-bond donors (Lipinski definition) is 2. The summed E-state index contributed by atoms with van der Waals surface area (Å²) in [6.45, 7) is 2.74. The summed E-state index contributed by atoms with van der Waals surface area (Å²) in [6, 6.07) is 4.52. The van der Waals surface area contributed by atoms with Gasteiger partial charge in [-0.1, -0.05) is 23.2 Å². The number of benzene rings is 1. The molecule has 0 spiro atoms. The van der Waals surface area contributed by atoms with Gasteiger partial charge in [-0.2, -0.15) is 5.10 Å². The van der Waals surface area contributed by atoms with Crippen molar-refractivity contribution in [1.82, 2.24) is 20.0 Å². The maximum Gasteiger partial charge on any atom is 0.272 e. The number of halogens is 2. The second kappa shape index (κ2) is 7.61. The Morgan fingerprint density at radius 3 is 2.56 bits per heavy atom. The third kappa shape index (κ3) is 4.63. The fourth-order valence-electron chi connectivity index (χ4n) is 2.09. The molecule has 1 aromatic heterocycles. The molecule has 2 rings (SSSR count). The van der Waals surface area contributed by atoms with Crippen molar-refractivity contribution in [2.45, 2.75) is 18.7 Å². The highest BCUT2D eigenvalue weighted by atomic mass is 35.5. The molecule has 8 nitrogen and oxygen atoms in total. The van der Waals surface area contributed by atoms with Crippen LogP contribution in [0.5, 0.6) is 5.75 Å². The normalized spacial score (nSPS) is 11.4. The van der Waals surface area contributed by atoms with Crippen LogP contribution in [-0.2, 0) is 21.9 Å². The maximum absolute atomic E-state index is 12.3. The van der Waals surface area contributed by atoms with E-state index in [2.05, 4.69) is 10.5 Å². The molecule has 25 heavy (non-hydrogen) atoms. The van der Waals surface area contributed by atoms with Gasteiger partial charge in [0, 0.05) is 12.1 Å². The van der Waals surface area contributed by atoms with Crippen molar-refractivity contribution in [3.8, 4) is 5.75 Å². The van der Waals surface area contributed by atoms with Gasteiger partial charge in [-0.15, -0.1) is 4.83 Å². The van der Waals surface area contributed by atoms with Crippen LogP contribution in [0.2, 0.25) is 10.0 Å². The molecular weight excluding hydrogens is 391 g/mol. The number of sulfonamides is 1. The number of nitrogens with one attached hydrogen (secondary N) is 2. The molecule has 1 aromatic carbocycles. The lowest BCUT2D eigenvalue weighted by atomic mass is 10.3. The van der Waals surface area contributed by atoms with E-state index in [1.807, 2.05) is 4.83 Å². The molecule has 0 fully saturated rings. The largest absolute Gasteiger partial charge is 0.482 e. The topological polar surface area (TPSA) is 102 Å². The van der Waals surface area contributed by atoms with Gasteiger partial charge in [0.05, 0.1) is 16.4 Å². The van der Waals surface area contributed by atoms with Crippen molar-refractivity contribution in [2.24, 2.45) is 7.05 Å². The molecule has 2 aromatic rings. The molecule has 0 aliphatic rings. The van der Waals surface area contributed by atoms with E-state index in [0.29, 0.717) is 16.4 Å². The van der Waals surface area contributed by atoms with Gasteiger partial charge in [-0.3, -0.25) is 14.9 Å². The lowest BCUT2D eigenvalue weighted by Gasteiger charge is -2.10. The molecule has 0 aliphatic heterocycles. The van der Waals surface area contributed by atoms with Crippen molar-refractivity contribution >= 4 is 39.1 Å². The summed E-state index contributed by atoms with van der Waals surface area (Å²) in [4.78, 5) is 13.8. The third-order valence-electron chi connectivity index (χ3n) is 3.29. The lowest BCUT2D eigenvalue weighted by molar-refractivity contribution is -0.123. The van der Waals surface area contributed by atoms with Crippen LogP contribution in [0.25, 0.3) is 0 Å². The minimum Gasteiger partial charge on any atom is -0.482 e. The van der Waals surface area contributed by atoms with Crippen molar-refractivity contribution in [1.29, 1.82) is 0 Å². The van der Waals surface area contributed by atoms with E-state index in [1.54, 1.807) is 27.0 Å². The number of nitrogens with zero attached hydrogens (tertiary/aromatic N) is 2. The number of ether oxygens (including phenoxy) is 1. The molecule has 1 heterocycles. The first-order chi connectivity index (χ1) is 11.6. The van der Waals surface area contributed by atoms with Gasteiger partial charge >= 0.3 is 0 Å². The Kier molecular flexibility index (Phi) is 5.94. The number of hydrazine groups is 1. The quantitative estimate of drug-likeness (QED) is 0.711. The molecule has 0 saturated heterocycles. The van der Waals surface area contributed by atoms with Crippen molar-refractivity contribution in [3.05, 3.63) is 39.6 Å². The monoisotopic (exact) mass is 406 g/mol. The van der Waals surface area contributed by atoms with Crippen LogP contribution in [0.4, 0.5) is 0 Å². The van der Waals surface area contributed by atoms with E-state index in [-0.39, 0.29) is 15.7 Å². The number of aromatic nitrogens is 2. The standard InChI is InChI=1S/C14H16Cl2N4O4S/c1-8-14(9(2)20(3)18-8)25(22,23)19-17-13(21)7-24-12-5-4-10(15)6-11(12)16/h4-6,19H,7H2,1-3H3,(H,17,21). The van der Waals surface area contributed by atoms with Crippen molar-refractivity contribution < 1.29 is 17.9 Å². The first-order valence-corrected chi connectivity index (χ1v) is 9.24. The zero-order chi connectivity index (χ0) is 18.8. The zero-order valence-corrected chi connectivity index (χ0v) is 16.0. The van der Waals surface area contributed by atoms with E-state index in [0.717, 1.165) is 0 Å². The Hall–Kier alpha value is -1.81. The minimum absolute atomic E-state index is 0.0111. The maximum atomic E-state index is 12.3. The molecule has 2 N–H and O–H groups in total. The van der Waals surface area contributed by atoms with Gasteiger partial charge in [-0.25, -0.2) is 8.42 Å². The van der Waals surface area contributed by atoms with E-state index in [4.69, 9.17) is 27.9 Å². The average molecular weight is 407 g/mol. The smallest absolute Gasteiger partial charge is 0.272 e. The summed E-state index contributed by atoms with van der Waals surface area (Å²) in [5, 5.41) is 4.70. The van der Waals surface area contributed by atoms with Gasteiger partial charge < -0.3 is 4.74 Å². The number of amides is 1. The molecule has 0 radical (unpaired) electrons. The number of aryl methyl sites for hydroxylation is 2. The third-order valence-corrected chi connectivity index (χ3v) is 5.32. The van der Waals surface area contributed by atoms with Gasteiger partial charge in [0.2, 0.25) is 0 Å². The van der Waals surface area contributed by atoms with Crippen LogP contribution >= 0.6 is 23.2 Å². The Bertz CT molecular complexity index is 912. The SMILES string of the molecule is Cc1nn(C)c(C)c1S(=O)(=O)NNC(=O)COc1ccc(Cl)cc1Cl. The van der Waals surface area contributed by atoms with Gasteiger partial charge in [0.1, 0.15) is 10.6 Å². The highest BCUT2D eigenvalue weighted by Gasteiger charge is 2.24. The molecule has 1 amide bonds. The second-order valence-corrected chi connectivity index (χ2v) is 7.60. The Labute approximate surface area is 155 Å². The minimum atomic E-state index is -3.96. The van der Waals surface area contributed by atoms with Crippen molar-refractivity contribution in [2.75, 3.05) is 6.61 Å². The van der Waals surface area contributed by atoms with Crippen LogP contribution in [-0.4, -0.2) is 30.7 Å². The highest BCUT2D eigenvalue weighted by molar-refractivity contribution is 7.89. The fraction of sp³-hybridized carbons (Fsp3) is 0.286. The Morgan fingerprint density at radius 1 is 1.32 bits per heavy atom. The van der Waals surface area contributed by atoms with E-state index < -0.39 is 22.5 Å². The number of rotatable bonds is 6. The zero-order valence-electron chi connectivity index (χ0n) is 13.6. The number of hydrogen-bond acceptors (Lipinski definition) is 5. The molecular formula is C14H16Cl2N4O4S. The van der Waals surface area contributed by atoms with E-state index in [1.165, 1.54) is 16.8 Å². The summed E-state index contributed by atoms with van der Waals surface area (Å²) in [6.07, 6.45) is 0. The molecule has 0 saturated carbocycles. The summed E-state index contributed by atoms with van der Waals surface area (Å²) in [5.74, 6) is -0.447. The Morgan fingerprint density at radius 2 is 2.00 bits per heavy atom.